The van der Waals surface area contributed by atoms with E-state index in [0.29, 0.717) is 0 Å². The number of rotatable bonds is 2. The highest BCUT2D eigenvalue weighted by Gasteiger charge is 2.13. The summed E-state index contributed by atoms with van der Waals surface area (Å²) in [4.78, 5) is 0. The fourth-order valence-electron chi connectivity index (χ4n) is 0.661. The molecule has 5 heteroatoms. The first kappa shape index (κ1) is 8.29. The fraction of sp³-hybridized carbons (Fsp3) is 0.333. The van der Waals surface area contributed by atoms with Gasteiger partial charge in [0.25, 0.3) is 0 Å². The summed E-state index contributed by atoms with van der Waals surface area (Å²) < 4.78 is 24.9. The lowest BCUT2D eigenvalue weighted by Gasteiger charge is -2.11. The Bertz CT molecular complexity index is 312. The number of aromatic nitrogens is 1. The molecule has 0 unspecified atom stereocenters. The van der Waals surface area contributed by atoms with Crippen molar-refractivity contribution in [1.29, 1.82) is 0 Å². The maximum absolute atomic E-state index is 11.3. The van der Waals surface area contributed by atoms with Gasteiger partial charge in [-0.1, -0.05) is 0 Å². The average Bonchev–Trinajstić information content (AvgIpc) is 2.37. The normalized spacial score (nSPS) is 12.3. The molecule has 4 nitrogen and oxygen atoms in total. The maximum atomic E-state index is 11.3. The molecule has 1 rings (SSSR count). The van der Waals surface area contributed by atoms with Crippen LogP contribution >= 0.6 is 0 Å². The second-order valence-electron chi connectivity index (χ2n) is 2.30. The van der Waals surface area contributed by atoms with Gasteiger partial charge in [0.1, 0.15) is 0 Å². The lowest BCUT2D eigenvalue weighted by Crippen LogP contribution is -2.27. The fourth-order valence-corrected chi connectivity index (χ4v) is 1.49. The Hall–Kier alpha value is -0.810. The Morgan fingerprint density at radius 3 is 2.00 bits per heavy atom. The van der Waals surface area contributed by atoms with Gasteiger partial charge in [0.2, 0.25) is 0 Å². The van der Waals surface area contributed by atoms with Gasteiger partial charge in [-0.2, -0.15) is 12.7 Å². The number of hydrogen-bond donors (Lipinski definition) is 0. The highest BCUT2D eigenvalue weighted by Crippen LogP contribution is 2.00. The van der Waals surface area contributed by atoms with E-state index in [1.54, 1.807) is 12.1 Å². The van der Waals surface area contributed by atoms with E-state index in [2.05, 4.69) is 0 Å². The topological polar surface area (TPSA) is 42.3 Å². The van der Waals surface area contributed by atoms with Crippen molar-refractivity contribution in [2.75, 3.05) is 14.1 Å². The van der Waals surface area contributed by atoms with Crippen LogP contribution in [0.2, 0.25) is 0 Å². The van der Waals surface area contributed by atoms with Gasteiger partial charge >= 0.3 is 10.2 Å². The van der Waals surface area contributed by atoms with Crippen LogP contribution in [0.3, 0.4) is 0 Å². The van der Waals surface area contributed by atoms with Crippen molar-refractivity contribution in [2.24, 2.45) is 0 Å². The summed E-state index contributed by atoms with van der Waals surface area (Å²) in [5.41, 5.74) is 0. The van der Waals surface area contributed by atoms with Crippen molar-refractivity contribution in [3.63, 3.8) is 0 Å². The van der Waals surface area contributed by atoms with Gasteiger partial charge in [-0.3, -0.25) is 0 Å². The monoisotopic (exact) mass is 174 g/mol. The van der Waals surface area contributed by atoms with E-state index in [-0.39, 0.29) is 0 Å². The molecule has 0 spiro atoms. The molecule has 0 atom stereocenters. The summed E-state index contributed by atoms with van der Waals surface area (Å²) in [6.07, 6.45) is 2.99. The summed E-state index contributed by atoms with van der Waals surface area (Å²) in [6, 6.07) is 3.34. The molecule has 1 aromatic rings. The van der Waals surface area contributed by atoms with Gasteiger partial charge in [0, 0.05) is 26.5 Å². The summed E-state index contributed by atoms with van der Waals surface area (Å²) in [5, 5.41) is 0. The third-order valence-corrected chi connectivity index (χ3v) is 3.00. The molecule has 0 amide bonds. The van der Waals surface area contributed by atoms with Crippen molar-refractivity contribution in [3.8, 4) is 0 Å². The minimum Gasteiger partial charge on any atom is -0.240 e. The minimum absolute atomic E-state index is 1.16. The predicted molar refractivity (Wildman–Crippen MR) is 42.4 cm³/mol. The number of nitrogens with zero attached hydrogens (tertiary/aromatic N) is 2. The molecule has 11 heavy (non-hydrogen) atoms. The molecule has 1 heterocycles. The van der Waals surface area contributed by atoms with Crippen LogP contribution in [0.4, 0.5) is 0 Å². The molecule has 0 aliphatic rings. The summed E-state index contributed by atoms with van der Waals surface area (Å²) in [7, 11) is -0.293. The zero-order chi connectivity index (χ0) is 8.48. The molecule has 0 fully saturated rings. The van der Waals surface area contributed by atoms with E-state index in [9.17, 15) is 8.42 Å². The van der Waals surface area contributed by atoms with E-state index in [1.807, 2.05) is 0 Å². The Morgan fingerprint density at radius 1 is 1.18 bits per heavy atom. The van der Waals surface area contributed by atoms with Crippen molar-refractivity contribution in [3.05, 3.63) is 24.5 Å². The molecule has 0 aliphatic heterocycles. The average molecular weight is 174 g/mol. The molecular weight excluding hydrogens is 164 g/mol. The van der Waals surface area contributed by atoms with Crippen LogP contribution in [0, 0.1) is 0 Å². The van der Waals surface area contributed by atoms with Gasteiger partial charge in [-0.25, -0.2) is 3.97 Å². The lowest BCUT2D eigenvalue weighted by molar-refractivity contribution is 0.511. The van der Waals surface area contributed by atoms with Gasteiger partial charge in [0.15, 0.2) is 0 Å². The lowest BCUT2D eigenvalue weighted by atomic mass is 10.7. The van der Waals surface area contributed by atoms with Crippen molar-refractivity contribution < 1.29 is 8.42 Å². The first-order valence-electron chi connectivity index (χ1n) is 3.11. The summed E-state index contributed by atoms with van der Waals surface area (Å²) in [5.74, 6) is 0. The Kier molecular flexibility index (Phi) is 2.01. The third kappa shape index (κ3) is 1.44. The molecule has 0 aliphatic carbocycles. The third-order valence-electron chi connectivity index (χ3n) is 1.30. The molecule has 0 saturated carbocycles. The molecule has 62 valence electrons. The SMILES string of the molecule is CN(C)S(=O)(=O)n1cccc1. The standard InChI is InChI=1S/C6H10N2O2S/c1-7(2)11(9,10)8-5-3-4-6-8/h3-6H,1-2H3. The molecule has 0 aromatic carbocycles. The van der Waals surface area contributed by atoms with Crippen molar-refractivity contribution in [1.82, 2.24) is 8.28 Å². The highest BCUT2D eigenvalue weighted by atomic mass is 32.2. The van der Waals surface area contributed by atoms with Crippen molar-refractivity contribution >= 4 is 10.2 Å². The van der Waals surface area contributed by atoms with Gasteiger partial charge in [-0.05, 0) is 12.1 Å². The smallest absolute Gasteiger partial charge is 0.240 e. The van der Waals surface area contributed by atoms with Crippen molar-refractivity contribution in [2.45, 2.75) is 0 Å². The van der Waals surface area contributed by atoms with E-state index >= 15 is 0 Å². The minimum atomic E-state index is -3.28. The maximum Gasteiger partial charge on any atom is 0.306 e. The summed E-state index contributed by atoms with van der Waals surface area (Å²) >= 11 is 0. The van der Waals surface area contributed by atoms with Crippen LogP contribution in [0.1, 0.15) is 0 Å². The van der Waals surface area contributed by atoms with Gasteiger partial charge in [-0.15, -0.1) is 0 Å². The predicted octanol–water partition coefficient (Wildman–Crippen LogP) is 0.143. The van der Waals surface area contributed by atoms with Crippen LogP contribution in [0.15, 0.2) is 24.5 Å². The van der Waals surface area contributed by atoms with E-state index in [0.717, 1.165) is 8.28 Å². The van der Waals surface area contributed by atoms with E-state index in [1.165, 1.54) is 26.5 Å². The zero-order valence-corrected chi connectivity index (χ0v) is 7.25. The Labute approximate surface area is 66.2 Å². The molecule has 0 bridgehead atoms. The molecular formula is C6H10N2O2S. The van der Waals surface area contributed by atoms with E-state index < -0.39 is 10.2 Å². The number of hydrogen-bond acceptors (Lipinski definition) is 2. The van der Waals surface area contributed by atoms with Crippen LogP contribution < -0.4 is 0 Å². The quantitative estimate of drug-likeness (QED) is 0.640. The highest BCUT2D eigenvalue weighted by molar-refractivity contribution is 7.87. The van der Waals surface area contributed by atoms with Crippen LogP contribution in [0.5, 0.6) is 0 Å². The van der Waals surface area contributed by atoms with E-state index in [4.69, 9.17) is 0 Å². The summed E-state index contributed by atoms with van der Waals surface area (Å²) in [6.45, 7) is 0. The Balaban J connectivity index is 3.12. The second-order valence-corrected chi connectivity index (χ2v) is 4.35. The Morgan fingerprint density at radius 2 is 1.64 bits per heavy atom. The van der Waals surface area contributed by atoms with Crippen LogP contribution in [-0.2, 0) is 10.2 Å². The molecule has 1 aromatic heterocycles. The van der Waals surface area contributed by atoms with Crippen LogP contribution in [-0.4, -0.2) is 30.8 Å². The zero-order valence-electron chi connectivity index (χ0n) is 6.43. The second kappa shape index (κ2) is 2.67. The molecule has 0 saturated heterocycles. The largest absolute Gasteiger partial charge is 0.306 e. The molecule has 0 radical (unpaired) electrons. The van der Waals surface area contributed by atoms with Gasteiger partial charge in [0.05, 0.1) is 0 Å². The molecule has 0 N–H and O–H groups in total. The van der Waals surface area contributed by atoms with Gasteiger partial charge < -0.3 is 0 Å². The first-order chi connectivity index (χ1) is 5.05. The first-order valence-corrected chi connectivity index (χ1v) is 4.51. The van der Waals surface area contributed by atoms with Crippen LogP contribution in [0.25, 0.3) is 0 Å².